The first kappa shape index (κ1) is 14.4. The summed E-state index contributed by atoms with van der Waals surface area (Å²) >= 11 is 0. The Morgan fingerprint density at radius 2 is 1.95 bits per heavy atom. The lowest BCUT2D eigenvalue weighted by Crippen LogP contribution is -2.58. The lowest BCUT2D eigenvalue weighted by Gasteiger charge is -2.38. The van der Waals surface area contributed by atoms with Gasteiger partial charge in [-0.2, -0.15) is 0 Å². The van der Waals surface area contributed by atoms with Crippen molar-refractivity contribution in [2.24, 2.45) is 5.92 Å². The van der Waals surface area contributed by atoms with Crippen LogP contribution < -0.4 is 5.32 Å². The second kappa shape index (κ2) is 6.92. The van der Waals surface area contributed by atoms with Gasteiger partial charge in [0.05, 0.1) is 0 Å². The van der Waals surface area contributed by atoms with Gasteiger partial charge in [-0.15, -0.1) is 0 Å². The Kier molecular flexibility index (Phi) is 5.23. The van der Waals surface area contributed by atoms with Gasteiger partial charge in [-0.05, 0) is 18.8 Å². The fraction of sp³-hybridized carbons (Fsp3) is 0.867. The molecule has 4 nitrogen and oxygen atoms in total. The molecule has 2 amide bonds. The molecular weight excluding hydrogens is 240 g/mol. The zero-order valence-electron chi connectivity index (χ0n) is 12.0. The summed E-state index contributed by atoms with van der Waals surface area (Å²) in [6.07, 6.45) is 9.70. The highest BCUT2D eigenvalue weighted by Crippen LogP contribution is 2.29. The standard InChI is InChI=1S/C15H26N2O2/c1-2-3-9-17-13(11-16-14(18)15(17)19)10-12-7-5-4-6-8-12/h12-13H,2-11H2,1H3,(H,16,18)/t13-/m0/s1. The molecule has 108 valence electrons. The first-order valence-corrected chi connectivity index (χ1v) is 7.81. The minimum absolute atomic E-state index is 0.222. The Morgan fingerprint density at radius 1 is 1.21 bits per heavy atom. The van der Waals surface area contributed by atoms with E-state index in [1.165, 1.54) is 32.1 Å². The predicted octanol–water partition coefficient (Wildman–Crippen LogP) is 2.08. The molecule has 4 heteroatoms. The van der Waals surface area contributed by atoms with Crippen molar-refractivity contribution in [1.29, 1.82) is 0 Å². The van der Waals surface area contributed by atoms with E-state index < -0.39 is 5.91 Å². The highest BCUT2D eigenvalue weighted by Gasteiger charge is 2.34. The molecule has 0 unspecified atom stereocenters. The van der Waals surface area contributed by atoms with E-state index in [-0.39, 0.29) is 11.9 Å². The van der Waals surface area contributed by atoms with Crippen molar-refractivity contribution in [3.63, 3.8) is 0 Å². The molecule has 1 saturated heterocycles. The fourth-order valence-corrected chi connectivity index (χ4v) is 3.32. The van der Waals surface area contributed by atoms with Crippen LogP contribution in [0, 0.1) is 5.92 Å². The number of piperazine rings is 1. The van der Waals surface area contributed by atoms with E-state index in [1.807, 2.05) is 4.90 Å². The van der Waals surface area contributed by atoms with Crippen molar-refractivity contribution >= 4 is 11.8 Å². The summed E-state index contributed by atoms with van der Waals surface area (Å²) in [5.74, 6) is 0.00202. The first-order valence-electron chi connectivity index (χ1n) is 7.81. The molecule has 1 heterocycles. The number of hydrogen-bond donors (Lipinski definition) is 1. The molecule has 2 fully saturated rings. The van der Waals surface area contributed by atoms with Crippen LogP contribution in [0.2, 0.25) is 0 Å². The molecule has 0 aromatic rings. The molecule has 2 aliphatic rings. The monoisotopic (exact) mass is 266 g/mol. The molecule has 1 N–H and O–H groups in total. The average Bonchev–Trinajstić information content (AvgIpc) is 2.44. The van der Waals surface area contributed by atoms with E-state index in [9.17, 15) is 9.59 Å². The van der Waals surface area contributed by atoms with Gasteiger partial charge in [-0.1, -0.05) is 45.4 Å². The summed E-state index contributed by atoms with van der Waals surface area (Å²) in [6, 6.07) is 0.222. The summed E-state index contributed by atoms with van der Waals surface area (Å²) in [4.78, 5) is 25.3. The number of nitrogens with zero attached hydrogens (tertiary/aromatic N) is 1. The molecule has 1 aliphatic carbocycles. The van der Waals surface area contributed by atoms with E-state index in [2.05, 4.69) is 12.2 Å². The van der Waals surface area contributed by atoms with Crippen molar-refractivity contribution in [3.8, 4) is 0 Å². The smallest absolute Gasteiger partial charge is 0.312 e. The maximum atomic E-state index is 12.0. The van der Waals surface area contributed by atoms with E-state index in [1.54, 1.807) is 0 Å². The van der Waals surface area contributed by atoms with E-state index >= 15 is 0 Å². The van der Waals surface area contributed by atoms with Gasteiger partial charge in [0.25, 0.3) is 0 Å². The van der Waals surface area contributed by atoms with E-state index in [0.717, 1.165) is 31.7 Å². The highest BCUT2D eigenvalue weighted by molar-refractivity contribution is 6.35. The Bertz CT molecular complexity index is 324. The Morgan fingerprint density at radius 3 is 2.63 bits per heavy atom. The number of nitrogens with one attached hydrogen (secondary N) is 1. The lowest BCUT2D eigenvalue weighted by molar-refractivity contribution is -0.151. The van der Waals surface area contributed by atoms with Crippen LogP contribution in [0.5, 0.6) is 0 Å². The molecule has 2 rings (SSSR count). The maximum absolute atomic E-state index is 12.0. The molecule has 0 aromatic heterocycles. The van der Waals surface area contributed by atoms with Gasteiger partial charge in [0.15, 0.2) is 0 Å². The van der Waals surface area contributed by atoms with E-state index in [4.69, 9.17) is 0 Å². The zero-order chi connectivity index (χ0) is 13.7. The third-order valence-corrected chi connectivity index (χ3v) is 4.48. The number of carbonyl (C=O) groups is 2. The predicted molar refractivity (Wildman–Crippen MR) is 74.6 cm³/mol. The van der Waals surface area contributed by atoms with E-state index in [0.29, 0.717) is 6.54 Å². The molecule has 1 atom stereocenters. The number of carbonyl (C=O) groups excluding carboxylic acids is 2. The minimum Gasteiger partial charge on any atom is -0.346 e. The Balaban J connectivity index is 1.94. The van der Waals surface area contributed by atoms with Crippen LogP contribution in [0.15, 0.2) is 0 Å². The van der Waals surface area contributed by atoms with Crippen LogP contribution in [0.25, 0.3) is 0 Å². The summed E-state index contributed by atoms with van der Waals surface area (Å²) < 4.78 is 0. The van der Waals surface area contributed by atoms with Crippen LogP contribution >= 0.6 is 0 Å². The third-order valence-electron chi connectivity index (χ3n) is 4.48. The summed E-state index contributed by atoms with van der Waals surface area (Å²) in [5.41, 5.74) is 0. The molecule has 0 bridgehead atoms. The SMILES string of the molecule is CCCCN1C(=O)C(=O)NC[C@@H]1CC1CCCCC1. The third kappa shape index (κ3) is 3.71. The normalized spacial score (nSPS) is 25.5. The molecule has 1 saturated carbocycles. The number of unbranched alkanes of at least 4 members (excludes halogenated alkanes) is 1. The lowest BCUT2D eigenvalue weighted by atomic mass is 9.84. The van der Waals surface area contributed by atoms with Gasteiger partial charge >= 0.3 is 11.8 Å². The van der Waals surface area contributed by atoms with Crippen LogP contribution in [0.4, 0.5) is 0 Å². The largest absolute Gasteiger partial charge is 0.346 e. The van der Waals surface area contributed by atoms with Gasteiger partial charge in [0.2, 0.25) is 0 Å². The second-order valence-electron chi connectivity index (χ2n) is 5.96. The van der Waals surface area contributed by atoms with Crippen molar-refractivity contribution in [2.75, 3.05) is 13.1 Å². The average molecular weight is 266 g/mol. The quantitative estimate of drug-likeness (QED) is 0.775. The topological polar surface area (TPSA) is 49.4 Å². The molecule has 1 aliphatic heterocycles. The van der Waals surface area contributed by atoms with Gasteiger partial charge in [0.1, 0.15) is 0 Å². The van der Waals surface area contributed by atoms with Crippen molar-refractivity contribution < 1.29 is 9.59 Å². The van der Waals surface area contributed by atoms with Crippen LogP contribution in [0.3, 0.4) is 0 Å². The number of hydrogen-bond acceptors (Lipinski definition) is 2. The summed E-state index contributed by atoms with van der Waals surface area (Å²) in [5, 5.41) is 2.75. The number of rotatable bonds is 5. The van der Waals surface area contributed by atoms with Crippen molar-refractivity contribution in [1.82, 2.24) is 10.2 Å². The minimum atomic E-state index is -0.420. The van der Waals surface area contributed by atoms with Crippen LogP contribution in [0.1, 0.15) is 58.3 Å². The number of amides is 2. The van der Waals surface area contributed by atoms with Crippen molar-refractivity contribution in [3.05, 3.63) is 0 Å². The van der Waals surface area contributed by atoms with Gasteiger partial charge < -0.3 is 10.2 Å². The molecular formula is C15H26N2O2. The van der Waals surface area contributed by atoms with Crippen LogP contribution in [-0.4, -0.2) is 35.8 Å². The van der Waals surface area contributed by atoms with Gasteiger partial charge in [-0.3, -0.25) is 9.59 Å². The fourth-order valence-electron chi connectivity index (χ4n) is 3.32. The summed E-state index contributed by atoms with van der Waals surface area (Å²) in [7, 11) is 0. The first-order chi connectivity index (χ1) is 9.22. The van der Waals surface area contributed by atoms with Gasteiger partial charge in [-0.25, -0.2) is 0 Å². The summed E-state index contributed by atoms with van der Waals surface area (Å²) in [6.45, 7) is 3.50. The second-order valence-corrected chi connectivity index (χ2v) is 5.96. The van der Waals surface area contributed by atoms with Crippen LogP contribution in [-0.2, 0) is 9.59 Å². The molecule has 0 spiro atoms. The molecule has 19 heavy (non-hydrogen) atoms. The highest BCUT2D eigenvalue weighted by atomic mass is 16.2. The van der Waals surface area contributed by atoms with Gasteiger partial charge in [0, 0.05) is 19.1 Å². The van der Waals surface area contributed by atoms with Crippen molar-refractivity contribution in [2.45, 2.75) is 64.3 Å². The maximum Gasteiger partial charge on any atom is 0.312 e. The Hall–Kier alpha value is -1.06. The molecule has 0 aromatic carbocycles. The Labute approximate surface area is 115 Å². The zero-order valence-corrected chi connectivity index (χ0v) is 12.0. The molecule has 0 radical (unpaired) electrons.